The number of aliphatic carboxylic acids is 1. The zero-order chi connectivity index (χ0) is 28.9. The number of halogens is 1. The van der Waals surface area contributed by atoms with Gasteiger partial charge >= 0.3 is 5.97 Å². The lowest BCUT2D eigenvalue weighted by Crippen LogP contribution is -2.44. The molecule has 2 atom stereocenters. The van der Waals surface area contributed by atoms with Gasteiger partial charge in [-0.15, -0.1) is 0 Å². The molecular formula is C36H44FN3O2. The molecule has 6 heteroatoms. The van der Waals surface area contributed by atoms with E-state index in [1.165, 1.54) is 22.8 Å². The van der Waals surface area contributed by atoms with Gasteiger partial charge in [0.05, 0.1) is 5.41 Å². The van der Waals surface area contributed by atoms with Crippen LogP contribution in [0.2, 0.25) is 0 Å². The van der Waals surface area contributed by atoms with Gasteiger partial charge in [-0.2, -0.15) is 0 Å². The van der Waals surface area contributed by atoms with Crippen LogP contribution in [0.15, 0.2) is 73.1 Å². The fourth-order valence-corrected chi connectivity index (χ4v) is 7.93. The molecule has 0 unspecified atom stereocenters. The first kappa shape index (κ1) is 29.0. The van der Waals surface area contributed by atoms with E-state index in [1.54, 1.807) is 6.07 Å². The minimum atomic E-state index is -0.641. The van der Waals surface area contributed by atoms with Crippen molar-refractivity contribution in [3.05, 3.63) is 101 Å². The van der Waals surface area contributed by atoms with Crippen LogP contribution < -0.4 is 0 Å². The molecular weight excluding hydrogens is 525 g/mol. The number of carboxylic acid groups (broad SMARTS) is 1. The predicted octanol–water partition coefficient (Wildman–Crippen LogP) is 6.74. The Kier molecular flexibility index (Phi) is 9.01. The summed E-state index contributed by atoms with van der Waals surface area (Å²) >= 11 is 0. The van der Waals surface area contributed by atoms with Crippen LogP contribution in [0.4, 0.5) is 4.39 Å². The van der Waals surface area contributed by atoms with Crippen LogP contribution in [0, 0.1) is 17.2 Å². The van der Waals surface area contributed by atoms with E-state index < -0.39 is 11.4 Å². The molecule has 0 bridgehead atoms. The highest BCUT2D eigenvalue weighted by Crippen LogP contribution is 2.41. The van der Waals surface area contributed by atoms with Crippen molar-refractivity contribution in [3.8, 4) is 0 Å². The zero-order valence-corrected chi connectivity index (χ0v) is 24.6. The number of benzene rings is 2. The maximum absolute atomic E-state index is 14.3. The average molecular weight is 570 g/mol. The van der Waals surface area contributed by atoms with Gasteiger partial charge in [-0.3, -0.25) is 9.78 Å². The van der Waals surface area contributed by atoms with Crippen LogP contribution in [0.3, 0.4) is 0 Å². The molecule has 6 rings (SSSR count). The van der Waals surface area contributed by atoms with Crippen LogP contribution in [0.25, 0.3) is 0 Å². The van der Waals surface area contributed by atoms with Crippen molar-refractivity contribution in [1.82, 2.24) is 14.8 Å². The number of pyridine rings is 1. The quantitative estimate of drug-likeness (QED) is 0.309. The van der Waals surface area contributed by atoms with Crippen LogP contribution in [0.1, 0.15) is 79.0 Å². The van der Waals surface area contributed by atoms with Crippen molar-refractivity contribution in [2.75, 3.05) is 39.3 Å². The Labute approximate surface area is 249 Å². The number of likely N-dealkylation sites (tertiary alicyclic amines) is 2. The smallest absolute Gasteiger partial charge is 0.310 e. The van der Waals surface area contributed by atoms with Crippen molar-refractivity contribution < 1.29 is 14.3 Å². The van der Waals surface area contributed by atoms with Crippen LogP contribution >= 0.6 is 0 Å². The summed E-state index contributed by atoms with van der Waals surface area (Å²) in [6, 6.07) is 20.0. The Balaban J connectivity index is 1.10. The highest BCUT2D eigenvalue weighted by atomic mass is 19.1. The molecule has 1 aromatic heterocycles. The van der Waals surface area contributed by atoms with Crippen LogP contribution in [0.5, 0.6) is 0 Å². The summed E-state index contributed by atoms with van der Waals surface area (Å²) in [4.78, 5) is 22.0. The van der Waals surface area contributed by atoms with E-state index in [4.69, 9.17) is 0 Å². The van der Waals surface area contributed by atoms with Gasteiger partial charge in [0.15, 0.2) is 0 Å². The highest BCUT2D eigenvalue weighted by Gasteiger charge is 2.44. The number of nitrogens with zero attached hydrogens (tertiary/aromatic N) is 3. The molecule has 3 heterocycles. The van der Waals surface area contributed by atoms with E-state index >= 15 is 0 Å². The number of carbonyl (C=O) groups is 1. The second-order valence-corrected chi connectivity index (χ2v) is 13.1. The lowest BCUT2D eigenvalue weighted by molar-refractivity contribution is -0.152. The van der Waals surface area contributed by atoms with Gasteiger partial charge in [-0.1, -0.05) is 67.8 Å². The van der Waals surface area contributed by atoms with E-state index in [-0.39, 0.29) is 11.7 Å². The topological polar surface area (TPSA) is 56.7 Å². The van der Waals surface area contributed by atoms with E-state index in [2.05, 4.69) is 57.2 Å². The molecule has 0 spiro atoms. The molecule has 42 heavy (non-hydrogen) atoms. The first-order valence-electron chi connectivity index (χ1n) is 15.9. The number of hydrogen-bond donors (Lipinski definition) is 1. The molecule has 222 valence electrons. The highest BCUT2D eigenvalue weighted by molar-refractivity contribution is 5.75. The Bertz CT molecular complexity index is 1330. The van der Waals surface area contributed by atoms with Crippen molar-refractivity contribution in [2.45, 2.75) is 63.2 Å². The van der Waals surface area contributed by atoms with Crippen LogP contribution in [-0.2, 0) is 11.2 Å². The number of rotatable bonds is 9. The Morgan fingerprint density at radius 3 is 2.40 bits per heavy atom. The second kappa shape index (κ2) is 13.0. The maximum Gasteiger partial charge on any atom is 0.310 e. The average Bonchev–Trinajstić information content (AvgIpc) is 3.40. The fourth-order valence-electron chi connectivity index (χ4n) is 7.93. The molecule has 5 nitrogen and oxygen atoms in total. The molecule has 2 aromatic carbocycles. The monoisotopic (exact) mass is 569 g/mol. The molecule has 3 aliphatic rings. The summed E-state index contributed by atoms with van der Waals surface area (Å²) < 4.78 is 14.3. The summed E-state index contributed by atoms with van der Waals surface area (Å²) in [6.45, 7) is 5.34. The fraction of sp³-hybridized carbons (Fsp3) is 0.500. The predicted molar refractivity (Wildman–Crippen MR) is 164 cm³/mol. The number of piperidine rings is 1. The largest absolute Gasteiger partial charge is 0.481 e. The normalized spacial score (nSPS) is 23.6. The van der Waals surface area contributed by atoms with Crippen molar-refractivity contribution in [2.24, 2.45) is 11.3 Å². The van der Waals surface area contributed by atoms with Gasteiger partial charge in [0.1, 0.15) is 5.82 Å². The molecule has 0 radical (unpaired) electrons. The molecule has 3 fully saturated rings. The van der Waals surface area contributed by atoms with Gasteiger partial charge in [-0.05, 0) is 91.4 Å². The molecule has 1 N–H and O–H groups in total. The summed E-state index contributed by atoms with van der Waals surface area (Å²) in [6.07, 6.45) is 11.8. The van der Waals surface area contributed by atoms with E-state index in [0.717, 1.165) is 89.7 Å². The standard InChI is InChI=1S/C36H44FN3O2/c37-33-11-7-10-30(20-33)34-25-40(26-36(35(41)42)14-5-2-6-15-36)24-32(34)23-39-16-12-29(13-17-39)31-19-28(21-38-22-31)18-27-8-3-1-4-9-27/h1,3-4,7-11,19-22,29,32,34H,2,5-6,12-18,23-26H2,(H,41,42)/t32-,34-/m1/s1. The van der Waals surface area contributed by atoms with E-state index in [1.807, 2.05) is 18.5 Å². The molecule has 2 saturated heterocycles. The first-order chi connectivity index (χ1) is 20.5. The van der Waals surface area contributed by atoms with Crippen molar-refractivity contribution in [1.29, 1.82) is 0 Å². The molecule has 0 amide bonds. The Hall–Kier alpha value is -3.09. The zero-order valence-electron chi connectivity index (χ0n) is 24.6. The van der Waals surface area contributed by atoms with E-state index in [0.29, 0.717) is 18.4 Å². The van der Waals surface area contributed by atoms with Gasteiger partial charge < -0.3 is 14.9 Å². The van der Waals surface area contributed by atoms with Crippen molar-refractivity contribution >= 4 is 5.97 Å². The minimum absolute atomic E-state index is 0.192. The van der Waals surface area contributed by atoms with Gasteiger partial charge in [-0.25, -0.2) is 4.39 Å². The van der Waals surface area contributed by atoms with Crippen molar-refractivity contribution in [3.63, 3.8) is 0 Å². The molecule has 1 aliphatic carbocycles. The minimum Gasteiger partial charge on any atom is -0.481 e. The summed E-state index contributed by atoms with van der Waals surface area (Å²) in [5.74, 6) is 0.255. The number of hydrogen-bond acceptors (Lipinski definition) is 4. The molecule has 1 saturated carbocycles. The van der Waals surface area contributed by atoms with Crippen LogP contribution in [-0.4, -0.2) is 65.1 Å². The number of aromatic nitrogens is 1. The Morgan fingerprint density at radius 1 is 0.881 bits per heavy atom. The van der Waals surface area contributed by atoms with Gasteiger partial charge in [0.2, 0.25) is 0 Å². The lowest BCUT2D eigenvalue weighted by Gasteiger charge is -2.37. The summed E-state index contributed by atoms with van der Waals surface area (Å²) in [5, 5.41) is 10.2. The van der Waals surface area contributed by atoms with E-state index in [9.17, 15) is 14.3 Å². The third-order valence-electron chi connectivity index (χ3n) is 10.2. The third-order valence-corrected chi connectivity index (χ3v) is 10.2. The third kappa shape index (κ3) is 6.76. The summed E-state index contributed by atoms with van der Waals surface area (Å²) in [5.41, 5.74) is 4.33. The molecule has 3 aromatic rings. The van der Waals surface area contributed by atoms with Gasteiger partial charge in [0.25, 0.3) is 0 Å². The SMILES string of the molecule is O=C(O)C1(CN2C[C@@H](CN3CCC(c4cncc(Cc5ccccc5)c4)CC3)[C@@H](c3cccc(F)c3)C2)CCCCC1. The number of carboxylic acids is 1. The summed E-state index contributed by atoms with van der Waals surface area (Å²) in [7, 11) is 0. The maximum atomic E-state index is 14.3. The second-order valence-electron chi connectivity index (χ2n) is 13.1. The van der Waals surface area contributed by atoms with Gasteiger partial charge in [0, 0.05) is 44.5 Å². The lowest BCUT2D eigenvalue weighted by atomic mass is 9.73. The molecule has 2 aliphatic heterocycles. The Morgan fingerprint density at radius 2 is 1.67 bits per heavy atom. The first-order valence-corrected chi connectivity index (χ1v) is 15.9.